The number of hydrogen-bond acceptors (Lipinski definition) is 1. The van der Waals surface area contributed by atoms with Crippen molar-refractivity contribution in [3.8, 4) is 0 Å². The molecule has 0 aliphatic heterocycles. The van der Waals surface area contributed by atoms with Crippen LogP contribution < -0.4 is 5.73 Å². The Balaban J connectivity index is 2.39. The molecule has 1 aromatic carbocycles. The molecule has 1 heterocycles. The van der Waals surface area contributed by atoms with E-state index in [0.717, 1.165) is 6.54 Å². The lowest BCUT2D eigenvalue weighted by Gasteiger charge is -2.06. The highest BCUT2D eigenvalue weighted by Crippen LogP contribution is 2.19. The summed E-state index contributed by atoms with van der Waals surface area (Å²) in [6, 6.07) is 8.37. The molecule has 3 N–H and O–H groups in total. The zero-order valence-corrected chi connectivity index (χ0v) is 8.83. The average Bonchev–Trinajstić information content (AvgIpc) is 2.59. The van der Waals surface area contributed by atoms with Crippen LogP contribution in [0.1, 0.15) is 12.0 Å². The number of hydrogen-bond donors (Lipinski definition) is 2. The smallest absolute Gasteiger partial charge is 0.0923 e. The van der Waals surface area contributed by atoms with Gasteiger partial charge in [-0.1, -0.05) is 18.2 Å². The van der Waals surface area contributed by atoms with Gasteiger partial charge in [0.25, 0.3) is 0 Å². The number of nitrogens with zero attached hydrogens (tertiary/aromatic N) is 1. The van der Waals surface area contributed by atoms with E-state index in [1.165, 1.54) is 16.5 Å². The van der Waals surface area contributed by atoms with Crippen molar-refractivity contribution in [1.82, 2.24) is 4.57 Å². The van der Waals surface area contributed by atoms with Crippen molar-refractivity contribution < 1.29 is 0 Å². The Hall–Kier alpha value is -1.77. The van der Waals surface area contributed by atoms with Crippen LogP contribution in [0.2, 0.25) is 0 Å². The molecule has 15 heavy (non-hydrogen) atoms. The quantitative estimate of drug-likeness (QED) is 0.581. The van der Waals surface area contributed by atoms with Crippen LogP contribution in [0.4, 0.5) is 0 Å². The lowest BCUT2D eigenvalue weighted by Crippen LogP contribution is -2.12. The molecule has 0 unspecified atom stereocenters. The van der Waals surface area contributed by atoms with E-state index in [9.17, 15) is 0 Å². The van der Waals surface area contributed by atoms with E-state index >= 15 is 0 Å². The van der Waals surface area contributed by atoms with Gasteiger partial charge in [0, 0.05) is 19.2 Å². The summed E-state index contributed by atoms with van der Waals surface area (Å²) in [6.07, 6.45) is 2.67. The third-order valence-corrected chi connectivity index (χ3v) is 2.61. The number of benzene rings is 1. The molecule has 1 aromatic heterocycles. The molecule has 0 spiro atoms. The second-order valence-corrected chi connectivity index (χ2v) is 3.80. The van der Waals surface area contributed by atoms with Gasteiger partial charge in [-0.05, 0) is 23.9 Å². The Labute approximate surface area is 89.0 Å². The molecule has 0 aliphatic rings. The van der Waals surface area contributed by atoms with Crippen molar-refractivity contribution in [3.63, 3.8) is 0 Å². The first kappa shape index (κ1) is 9.77. The summed E-state index contributed by atoms with van der Waals surface area (Å²) in [7, 11) is 0. The van der Waals surface area contributed by atoms with E-state index in [0.29, 0.717) is 6.42 Å². The molecule has 0 radical (unpaired) electrons. The van der Waals surface area contributed by atoms with Gasteiger partial charge in [0.2, 0.25) is 0 Å². The average molecular weight is 201 g/mol. The molecule has 78 valence electrons. The van der Waals surface area contributed by atoms with Gasteiger partial charge in [-0.2, -0.15) is 0 Å². The van der Waals surface area contributed by atoms with E-state index < -0.39 is 0 Å². The first-order chi connectivity index (χ1) is 7.18. The topological polar surface area (TPSA) is 54.8 Å². The maximum atomic E-state index is 7.22. The number of nitrogens with one attached hydrogen (secondary N) is 1. The zero-order valence-electron chi connectivity index (χ0n) is 8.83. The van der Waals surface area contributed by atoms with Gasteiger partial charge in [-0.25, -0.2) is 0 Å². The third-order valence-electron chi connectivity index (χ3n) is 2.61. The van der Waals surface area contributed by atoms with Crippen LogP contribution in [-0.2, 0) is 6.54 Å². The van der Waals surface area contributed by atoms with Crippen molar-refractivity contribution >= 4 is 16.7 Å². The molecule has 0 saturated carbocycles. The fourth-order valence-electron chi connectivity index (χ4n) is 1.88. The predicted molar refractivity (Wildman–Crippen MR) is 63.2 cm³/mol. The number of fused-ring (bicyclic) bond motifs is 1. The normalized spacial score (nSPS) is 10.7. The molecule has 0 fully saturated rings. The Kier molecular flexibility index (Phi) is 2.46. The Morgan fingerprint density at radius 3 is 2.93 bits per heavy atom. The maximum Gasteiger partial charge on any atom is 0.0923 e. The standard InChI is InChI=1S/C12H15N3/c1-9-3-2-4-10-5-7-15(12(9)10)8-6-11(13)14/h2-5,7H,6,8H2,1H3,(H3,13,14). The van der Waals surface area contributed by atoms with Crippen LogP contribution >= 0.6 is 0 Å². The minimum atomic E-state index is 0.241. The fraction of sp³-hybridized carbons (Fsp3) is 0.250. The van der Waals surface area contributed by atoms with Crippen LogP contribution in [0, 0.1) is 12.3 Å². The lowest BCUT2D eigenvalue weighted by atomic mass is 10.2. The Morgan fingerprint density at radius 2 is 2.20 bits per heavy atom. The molecule has 3 heteroatoms. The van der Waals surface area contributed by atoms with Crippen molar-refractivity contribution in [2.45, 2.75) is 19.9 Å². The van der Waals surface area contributed by atoms with Crippen LogP contribution in [0.3, 0.4) is 0 Å². The number of rotatable bonds is 3. The first-order valence-corrected chi connectivity index (χ1v) is 5.06. The minimum absolute atomic E-state index is 0.241. The summed E-state index contributed by atoms with van der Waals surface area (Å²) >= 11 is 0. The van der Waals surface area contributed by atoms with Crippen LogP contribution in [-0.4, -0.2) is 10.4 Å². The molecule has 0 aliphatic carbocycles. The summed E-state index contributed by atoms with van der Waals surface area (Å²) in [5.41, 5.74) is 7.87. The van der Waals surface area contributed by atoms with Gasteiger partial charge >= 0.3 is 0 Å². The zero-order chi connectivity index (χ0) is 10.8. The van der Waals surface area contributed by atoms with Crippen molar-refractivity contribution in [2.75, 3.05) is 0 Å². The summed E-state index contributed by atoms with van der Waals surface area (Å²) < 4.78 is 2.16. The molecule has 2 aromatic rings. The highest BCUT2D eigenvalue weighted by molar-refractivity contribution is 5.83. The summed E-state index contributed by atoms with van der Waals surface area (Å²) in [4.78, 5) is 0. The number of amidine groups is 1. The number of nitrogens with two attached hydrogens (primary N) is 1. The van der Waals surface area contributed by atoms with E-state index in [1.54, 1.807) is 0 Å². The Bertz CT molecular complexity index is 497. The highest BCUT2D eigenvalue weighted by Gasteiger charge is 2.03. The van der Waals surface area contributed by atoms with Gasteiger partial charge < -0.3 is 10.3 Å². The van der Waals surface area contributed by atoms with Gasteiger partial charge in [0.05, 0.1) is 11.4 Å². The molecular weight excluding hydrogens is 186 g/mol. The predicted octanol–water partition coefficient (Wildman–Crippen LogP) is 2.28. The summed E-state index contributed by atoms with van der Waals surface area (Å²) in [6.45, 7) is 2.89. The number of aromatic nitrogens is 1. The van der Waals surface area contributed by atoms with Crippen LogP contribution in [0.15, 0.2) is 30.5 Å². The molecule has 0 atom stereocenters. The SMILES string of the molecule is Cc1cccc2ccn(CCC(=N)N)c12. The third kappa shape index (κ3) is 1.86. The van der Waals surface area contributed by atoms with Gasteiger partial charge in [-0.15, -0.1) is 0 Å². The minimum Gasteiger partial charge on any atom is -0.388 e. The van der Waals surface area contributed by atoms with Gasteiger partial charge in [-0.3, -0.25) is 5.41 Å². The molecule has 0 amide bonds. The maximum absolute atomic E-state index is 7.22. The van der Waals surface area contributed by atoms with E-state index in [1.807, 2.05) is 0 Å². The number of aryl methyl sites for hydroxylation is 2. The summed E-state index contributed by atoms with van der Waals surface area (Å²) in [5, 5.41) is 8.47. The van der Waals surface area contributed by atoms with E-state index in [2.05, 4.69) is 42.0 Å². The van der Waals surface area contributed by atoms with Crippen LogP contribution in [0.5, 0.6) is 0 Å². The monoisotopic (exact) mass is 201 g/mol. The van der Waals surface area contributed by atoms with Gasteiger partial charge in [0.15, 0.2) is 0 Å². The highest BCUT2D eigenvalue weighted by atomic mass is 15.0. The molecule has 2 rings (SSSR count). The summed E-state index contributed by atoms with van der Waals surface area (Å²) in [5.74, 6) is 0.241. The van der Waals surface area contributed by atoms with Gasteiger partial charge in [0.1, 0.15) is 0 Å². The first-order valence-electron chi connectivity index (χ1n) is 5.06. The lowest BCUT2D eigenvalue weighted by molar-refractivity contribution is 0.749. The fourth-order valence-corrected chi connectivity index (χ4v) is 1.88. The molecule has 0 bridgehead atoms. The van der Waals surface area contributed by atoms with Crippen molar-refractivity contribution in [3.05, 3.63) is 36.0 Å². The Morgan fingerprint density at radius 1 is 1.40 bits per heavy atom. The molecular formula is C12H15N3. The second-order valence-electron chi connectivity index (χ2n) is 3.80. The van der Waals surface area contributed by atoms with E-state index in [4.69, 9.17) is 11.1 Å². The van der Waals surface area contributed by atoms with Crippen molar-refractivity contribution in [2.24, 2.45) is 5.73 Å². The molecule has 3 nitrogen and oxygen atoms in total. The largest absolute Gasteiger partial charge is 0.388 e. The number of para-hydroxylation sites is 1. The van der Waals surface area contributed by atoms with Crippen molar-refractivity contribution in [1.29, 1.82) is 5.41 Å². The second kappa shape index (κ2) is 3.77. The molecule has 0 saturated heterocycles. The van der Waals surface area contributed by atoms with Crippen LogP contribution in [0.25, 0.3) is 10.9 Å². The van der Waals surface area contributed by atoms with E-state index in [-0.39, 0.29) is 5.84 Å².